The fourth-order valence-corrected chi connectivity index (χ4v) is 2.96. The first kappa shape index (κ1) is 22.1. The van der Waals surface area contributed by atoms with Crippen LogP contribution < -0.4 is 10.1 Å². The maximum atomic E-state index is 12.9. The highest BCUT2D eigenvalue weighted by Gasteiger charge is 2.26. The third kappa shape index (κ3) is 5.88. The Kier molecular flexibility index (Phi) is 8.15. The van der Waals surface area contributed by atoms with Crippen molar-refractivity contribution < 1.29 is 14.3 Å². The average Bonchev–Trinajstić information content (AvgIpc) is 2.67. The summed E-state index contributed by atoms with van der Waals surface area (Å²) < 4.78 is 5.63. The standard InChI is InChI=1S/C21H24Cl2N2O3/c1-4-24-21(27)15(3)25(12-16-7-5-6-8-19(16)23)20(26)13-28-17-9-10-18(22)14(2)11-17/h5-11,15H,4,12-13H2,1-3H3,(H,24,27)/t15-/m0/s1. The summed E-state index contributed by atoms with van der Waals surface area (Å²) in [6.45, 7) is 5.87. The van der Waals surface area contributed by atoms with Crippen LogP contribution >= 0.6 is 23.2 Å². The third-order valence-corrected chi connectivity index (χ3v) is 5.10. The Balaban J connectivity index is 2.16. The predicted molar refractivity (Wildman–Crippen MR) is 112 cm³/mol. The lowest BCUT2D eigenvalue weighted by Gasteiger charge is -2.29. The average molecular weight is 423 g/mol. The van der Waals surface area contributed by atoms with Gasteiger partial charge in [-0.25, -0.2) is 0 Å². The first-order valence-electron chi connectivity index (χ1n) is 9.03. The number of hydrogen-bond acceptors (Lipinski definition) is 3. The Morgan fingerprint density at radius 1 is 1.14 bits per heavy atom. The number of benzene rings is 2. The van der Waals surface area contributed by atoms with Crippen LogP contribution in [0.25, 0.3) is 0 Å². The van der Waals surface area contributed by atoms with Crippen molar-refractivity contribution in [3.63, 3.8) is 0 Å². The summed E-state index contributed by atoms with van der Waals surface area (Å²) in [6, 6.07) is 11.8. The zero-order valence-corrected chi connectivity index (χ0v) is 17.7. The maximum Gasteiger partial charge on any atom is 0.261 e. The summed E-state index contributed by atoms with van der Waals surface area (Å²) >= 11 is 12.3. The van der Waals surface area contributed by atoms with Crippen LogP contribution in [-0.4, -0.2) is 35.9 Å². The number of amides is 2. The van der Waals surface area contributed by atoms with Gasteiger partial charge >= 0.3 is 0 Å². The highest BCUT2D eigenvalue weighted by atomic mass is 35.5. The van der Waals surface area contributed by atoms with E-state index >= 15 is 0 Å². The Hall–Kier alpha value is -2.24. The molecule has 28 heavy (non-hydrogen) atoms. The molecule has 0 aliphatic rings. The van der Waals surface area contributed by atoms with E-state index in [4.69, 9.17) is 27.9 Å². The second-order valence-electron chi connectivity index (χ2n) is 6.38. The number of carbonyl (C=O) groups excluding carboxylic acids is 2. The molecule has 2 aromatic rings. The van der Waals surface area contributed by atoms with Gasteiger partial charge in [0.1, 0.15) is 11.8 Å². The van der Waals surface area contributed by atoms with Gasteiger partial charge in [-0.3, -0.25) is 9.59 Å². The predicted octanol–water partition coefficient (Wildman–Crippen LogP) is 4.23. The molecule has 0 radical (unpaired) electrons. The van der Waals surface area contributed by atoms with E-state index in [0.717, 1.165) is 11.1 Å². The van der Waals surface area contributed by atoms with Crippen LogP contribution in [0.5, 0.6) is 5.75 Å². The van der Waals surface area contributed by atoms with Gasteiger partial charge in [-0.15, -0.1) is 0 Å². The molecule has 2 aromatic carbocycles. The summed E-state index contributed by atoms with van der Waals surface area (Å²) in [7, 11) is 0. The lowest BCUT2D eigenvalue weighted by molar-refractivity contribution is -0.142. The SMILES string of the molecule is CCNC(=O)[C@H](C)N(Cc1ccccc1Cl)C(=O)COc1ccc(Cl)c(C)c1. The van der Waals surface area contributed by atoms with Crippen molar-refractivity contribution in [3.8, 4) is 5.75 Å². The number of ether oxygens (including phenoxy) is 1. The number of nitrogens with one attached hydrogen (secondary N) is 1. The van der Waals surface area contributed by atoms with Crippen LogP contribution in [0.1, 0.15) is 25.0 Å². The van der Waals surface area contributed by atoms with Crippen molar-refractivity contribution >= 4 is 35.0 Å². The quantitative estimate of drug-likeness (QED) is 0.691. The molecule has 0 heterocycles. The molecule has 2 amide bonds. The first-order chi connectivity index (χ1) is 13.3. The van der Waals surface area contributed by atoms with Crippen LogP contribution in [0.4, 0.5) is 0 Å². The third-order valence-electron chi connectivity index (χ3n) is 4.31. The van der Waals surface area contributed by atoms with Gasteiger partial charge in [-0.1, -0.05) is 41.4 Å². The van der Waals surface area contributed by atoms with Crippen LogP contribution in [0, 0.1) is 6.92 Å². The van der Waals surface area contributed by atoms with Gasteiger partial charge in [0.15, 0.2) is 6.61 Å². The monoisotopic (exact) mass is 422 g/mol. The van der Waals surface area contributed by atoms with Gasteiger partial charge in [-0.2, -0.15) is 0 Å². The number of carbonyl (C=O) groups is 2. The van der Waals surface area contributed by atoms with E-state index in [1.165, 1.54) is 4.90 Å². The Bertz CT molecular complexity index is 842. The maximum absolute atomic E-state index is 12.9. The summed E-state index contributed by atoms with van der Waals surface area (Å²) in [5.41, 5.74) is 1.62. The number of hydrogen-bond donors (Lipinski definition) is 1. The van der Waals surface area contributed by atoms with Crippen LogP contribution in [0.3, 0.4) is 0 Å². The van der Waals surface area contributed by atoms with E-state index < -0.39 is 6.04 Å². The number of nitrogens with zero attached hydrogens (tertiary/aromatic N) is 1. The Morgan fingerprint density at radius 3 is 2.50 bits per heavy atom. The van der Waals surface area contributed by atoms with E-state index in [0.29, 0.717) is 22.3 Å². The first-order valence-corrected chi connectivity index (χ1v) is 9.78. The zero-order chi connectivity index (χ0) is 20.7. The van der Waals surface area contributed by atoms with Crippen LogP contribution in [-0.2, 0) is 16.1 Å². The van der Waals surface area contributed by atoms with Gasteiger partial charge in [-0.05, 0) is 56.2 Å². The smallest absolute Gasteiger partial charge is 0.261 e. The summed E-state index contributed by atoms with van der Waals surface area (Å²) in [4.78, 5) is 26.7. The highest BCUT2D eigenvalue weighted by molar-refractivity contribution is 6.31. The second kappa shape index (κ2) is 10.3. The van der Waals surface area contributed by atoms with Crippen molar-refractivity contribution in [2.75, 3.05) is 13.2 Å². The summed E-state index contributed by atoms with van der Waals surface area (Å²) in [6.07, 6.45) is 0. The van der Waals surface area contributed by atoms with Crippen molar-refractivity contribution in [2.45, 2.75) is 33.4 Å². The lowest BCUT2D eigenvalue weighted by Crippen LogP contribution is -2.49. The van der Waals surface area contributed by atoms with Crippen molar-refractivity contribution in [2.24, 2.45) is 0 Å². The molecule has 150 valence electrons. The normalized spacial score (nSPS) is 11.6. The van der Waals surface area contributed by atoms with E-state index in [9.17, 15) is 9.59 Å². The van der Waals surface area contributed by atoms with Crippen molar-refractivity contribution in [1.29, 1.82) is 0 Å². The van der Waals surface area contributed by atoms with Crippen molar-refractivity contribution in [1.82, 2.24) is 10.2 Å². The van der Waals surface area contributed by atoms with Gasteiger partial charge in [0.25, 0.3) is 5.91 Å². The molecule has 0 bridgehead atoms. The van der Waals surface area contributed by atoms with Gasteiger partial charge < -0.3 is 15.0 Å². The Morgan fingerprint density at radius 2 is 1.86 bits per heavy atom. The summed E-state index contributed by atoms with van der Waals surface area (Å²) in [5.74, 6) is -0.00452. The molecule has 1 N–H and O–H groups in total. The van der Waals surface area contributed by atoms with E-state index in [1.807, 2.05) is 32.0 Å². The van der Waals surface area contributed by atoms with Gasteiger partial charge in [0, 0.05) is 23.1 Å². The molecule has 0 fully saturated rings. The van der Waals surface area contributed by atoms with Gasteiger partial charge in [0.05, 0.1) is 0 Å². The highest BCUT2D eigenvalue weighted by Crippen LogP contribution is 2.22. The Labute approximate surface area is 175 Å². The number of likely N-dealkylation sites (N-methyl/N-ethyl adjacent to an activating group) is 1. The van der Waals surface area contributed by atoms with E-state index in [2.05, 4.69) is 5.32 Å². The van der Waals surface area contributed by atoms with Crippen molar-refractivity contribution in [3.05, 3.63) is 63.6 Å². The molecular formula is C21H24Cl2N2O3. The molecule has 0 unspecified atom stereocenters. The molecule has 2 rings (SSSR count). The molecule has 0 aliphatic heterocycles. The van der Waals surface area contributed by atoms with Crippen LogP contribution in [0.15, 0.2) is 42.5 Å². The topological polar surface area (TPSA) is 58.6 Å². The molecule has 0 saturated carbocycles. The van der Waals surface area contributed by atoms with Gasteiger partial charge in [0.2, 0.25) is 5.91 Å². The summed E-state index contributed by atoms with van der Waals surface area (Å²) in [5, 5.41) is 3.92. The molecule has 5 nitrogen and oxygen atoms in total. The van der Waals surface area contributed by atoms with Crippen LogP contribution in [0.2, 0.25) is 10.0 Å². The zero-order valence-electron chi connectivity index (χ0n) is 16.2. The number of aryl methyl sites for hydroxylation is 1. The molecule has 0 saturated heterocycles. The second-order valence-corrected chi connectivity index (χ2v) is 7.20. The number of halogens is 2. The fraction of sp³-hybridized carbons (Fsp3) is 0.333. The molecular weight excluding hydrogens is 399 g/mol. The fourth-order valence-electron chi connectivity index (χ4n) is 2.65. The molecule has 7 heteroatoms. The molecule has 0 aliphatic carbocycles. The minimum atomic E-state index is -0.667. The molecule has 1 atom stereocenters. The minimum Gasteiger partial charge on any atom is -0.484 e. The molecule has 0 spiro atoms. The minimum absolute atomic E-state index is 0.199. The lowest BCUT2D eigenvalue weighted by atomic mass is 10.1. The van der Waals surface area contributed by atoms with E-state index in [1.54, 1.807) is 31.2 Å². The van der Waals surface area contributed by atoms with E-state index in [-0.39, 0.29) is 25.0 Å². The molecule has 0 aromatic heterocycles. The largest absolute Gasteiger partial charge is 0.484 e. The number of rotatable bonds is 8.